The fourth-order valence-corrected chi connectivity index (χ4v) is 21.7. The number of hydrogen-bond acceptors (Lipinski definition) is 20. The van der Waals surface area contributed by atoms with E-state index in [-0.39, 0.29) is 50.2 Å². The zero-order chi connectivity index (χ0) is 69.8. The van der Waals surface area contributed by atoms with Gasteiger partial charge in [0.05, 0.1) is 11.8 Å². The van der Waals surface area contributed by atoms with E-state index in [2.05, 4.69) is 213 Å². The molecule has 2 aliphatic rings. The molecule has 2 aliphatic carbocycles. The number of nitrogens with one attached hydrogen (secondary N) is 2. The zero-order valence-electron chi connectivity index (χ0n) is 62.9. The predicted octanol–water partition coefficient (Wildman–Crippen LogP) is 13.6. The molecule has 12 atom stereocenters. The fraction of sp³-hybridized carbons (Fsp3) is 0.944. The molecular weight excluding hydrogens is 1300 g/mol. The molecule has 2 saturated carbocycles. The highest BCUT2D eigenvalue weighted by molar-refractivity contribution is 8.01. The molecule has 0 spiro atoms. The average molecular weight is 1440 g/mol. The van der Waals surface area contributed by atoms with Crippen LogP contribution in [0.2, 0.25) is 0 Å². The Bertz CT molecular complexity index is 1800. The first-order valence-corrected chi connectivity index (χ1v) is 42.8. The first-order chi connectivity index (χ1) is 44.7. The Kier molecular flexibility index (Phi) is 51.5. The molecule has 94 heavy (non-hydrogen) atoms. The van der Waals surface area contributed by atoms with E-state index in [1.54, 1.807) is 0 Å². The summed E-state index contributed by atoms with van der Waals surface area (Å²) in [6.45, 7) is 22.1. The lowest BCUT2D eigenvalue weighted by Crippen LogP contribution is -2.34. The Morgan fingerprint density at radius 3 is 1.01 bits per heavy atom. The van der Waals surface area contributed by atoms with Gasteiger partial charge in [-0.05, 0) is 223 Å². The van der Waals surface area contributed by atoms with E-state index in [0.717, 1.165) is 126 Å². The SMILES string of the molecule is CC(C)C(CCC(C)C(CCC1CCC(C(=O)OCCOC(=O)NCCCCCCNC(=O)OCCOC(=O)C2CCC(CCC(SCCN(C)C)C(C)CCC(SCCN(C)C)C(C)C)C(SCCN(C)C)C2)CC1SCCN(C)C)SCCN(C)C)SCCN(C)C. The Morgan fingerprint density at radius 2 is 0.691 bits per heavy atom. The second kappa shape index (κ2) is 54.1. The van der Waals surface area contributed by atoms with Gasteiger partial charge < -0.3 is 59.0 Å². The second-order valence-electron chi connectivity index (χ2n) is 29.4. The van der Waals surface area contributed by atoms with Crippen molar-refractivity contribution < 1.29 is 38.1 Å². The van der Waals surface area contributed by atoms with E-state index in [9.17, 15) is 19.2 Å². The lowest BCUT2D eigenvalue weighted by atomic mass is 9.78. The summed E-state index contributed by atoms with van der Waals surface area (Å²) in [5.41, 5.74) is 0. The van der Waals surface area contributed by atoms with Crippen LogP contribution in [0.5, 0.6) is 0 Å². The molecule has 2 amide bonds. The lowest BCUT2D eigenvalue weighted by Gasteiger charge is -2.36. The Balaban J connectivity index is 1.72. The number of carbonyl (C=O) groups is 4. The highest BCUT2D eigenvalue weighted by Crippen LogP contribution is 2.44. The highest BCUT2D eigenvalue weighted by atomic mass is 32.2. The van der Waals surface area contributed by atoms with Crippen molar-refractivity contribution in [2.45, 2.75) is 189 Å². The van der Waals surface area contributed by atoms with Crippen molar-refractivity contribution in [3.8, 4) is 0 Å². The summed E-state index contributed by atoms with van der Waals surface area (Å²) in [5.74, 6) is 9.99. The molecule has 554 valence electrons. The van der Waals surface area contributed by atoms with Crippen molar-refractivity contribution in [3.63, 3.8) is 0 Å². The van der Waals surface area contributed by atoms with Gasteiger partial charge in [-0.15, -0.1) is 0 Å². The first-order valence-electron chi connectivity index (χ1n) is 36.5. The average Bonchev–Trinajstić information content (AvgIpc) is 0.885. The van der Waals surface area contributed by atoms with Crippen LogP contribution in [0, 0.1) is 47.3 Å². The molecule has 0 bridgehead atoms. The summed E-state index contributed by atoms with van der Waals surface area (Å²) < 4.78 is 22.2. The number of thioether (sulfide) groups is 6. The normalized spacial score (nSPS) is 20.7. The third kappa shape index (κ3) is 43.9. The minimum absolute atomic E-state index is 0.0167. The van der Waals surface area contributed by atoms with Crippen LogP contribution < -0.4 is 10.6 Å². The van der Waals surface area contributed by atoms with Crippen molar-refractivity contribution in [1.82, 2.24) is 40.0 Å². The number of amides is 2. The summed E-state index contributed by atoms with van der Waals surface area (Å²) in [6, 6.07) is 0. The van der Waals surface area contributed by atoms with Gasteiger partial charge in [-0.2, -0.15) is 70.6 Å². The topological polar surface area (TPSA) is 149 Å². The molecule has 0 aliphatic heterocycles. The molecule has 2 N–H and O–H groups in total. The van der Waals surface area contributed by atoms with E-state index in [0.29, 0.717) is 80.1 Å². The monoisotopic (exact) mass is 1440 g/mol. The Morgan fingerprint density at radius 1 is 0.383 bits per heavy atom. The summed E-state index contributed by atoms with van der Waals surface area (Å²) >= 11 is 12.8. The molecule has 0 aromatic carbocycles. The minimum atomic E-state index is -0.515. The largest absolute Gasteiger partial charge is 0.462 e. The highest BCUT2D eigenvalue weighted by Gasteiger charge is 2.38. The molecular formula is C72H142N8O8S6. The molecule has 0 saturated heterocycles. The van der Waals surface area contributed by atoms with Crippen molar-refractivity contribution in [1.29, 1.82) is 0 Å². The number of carbonyl (C=O) groups excluding carboxylic acids is 4. The van der Waals surface area contributed by atoms with Crippen molar-refractivity contribution >= 4 is 94.7 Å². The number of unbranched alkanes of at least 4 members (excludes halogenated alkanes) is 3. The third-order valence-electron chi connectivity index (χ3n) is 18.7. The summed E-state index contributed by atoms with van der Waals surface area (Å²) in [7, 11) is 25.9. The Labute approximate surface area is 602 Å². The third-order valence-corrected chi connectivity index (χ3v) is 27.9. The fourth-order valence-electron chi connectivity index (χ4n) is 12.3. The number of ether oxygens (including phenoxy) is 4. The van der Waals surface area contributed by atoms with Crippen LogP contribution >= 0.6 is 70.6 Å². The Hall–Kier alpha value is -0.660. The first kappa shape index (κ1) is 89.4. The van der Waals surface area contributed by atoms with Crippen LogP contribution in [0.25, 0.3) is 0 Å². The maximum Gasteiger partial charge on any atom is 0.407 e. The minimum Gasteiger partial charge on any atom is -0.462 e. The van der Waals surface area contributed by atoms with Crippen molar-refractivity contribution in [3.05, 3.63) is 0 Å². The van der Waals surface area contributed by atoms with Crippen LogP contribution in [-0.4, -0.2) is 283 Å². The number of alkyl carbamates (subject to hydrolysis) is 2. The van der Waals surface area contributed by atoms with Crippen LogP contribution in [0.3, 0.4) is 0 Å². The van der Waals surface area contributed by atoms with E-state index in [1.165, 1.54) is 62.9 Å². The predicted molar refractivity (Wildman–Crippen MR) is 414 cm³/mol. The van der Waals surface area contributed by atoms with Crippen LogP contribution in [0.15, 0.2) is 0 Å². The number of hydrogen-bond donors (Lipinski definition) is 2. The van der Waals surface area contributed by atoms with Gasteiger partial charge in [0.15, 0.2) is 0 Å². The van der Waals surface area contributed by atoms with Gasteiger partial charge in [-0.1, -0.05) is 54.4 Å². The zero-order valence-corrected chi connectivity index (χ0v) is 67.8. The van der Waals surface area contributed by atoms with Gasteiger partial charge in [-0.3, -0.25) is 9.59 Å². The number of esters is 2. The van der Waals surface area contributed by atoms with E-state index < -0.39 is 12.2 Å². The van der Waals surface area contributed by atoms with Gasteiger partial charge in [-0.25, -0.2) is 9.59 Å². The molecule has 0 radical (unpaired) electrons. The van der Waals surface area contributed by atoms with Crippen LogP contribution in [0.4, 0.5) is 9.59 Å². The maximum atomic E-state index is 13.5. The number of rotatable bonds is 55. The van der Waals surface area contributed by atoms with Gasteiger partial charge in [0, 0.05) is 118 Å². The van der Waals surface area contributed by atoms with E-state index in [4.69, 9.17) is 18.9 Å². The maximum absolute atomic E-state index is 13.5. The van der Waals surface area contributed by atoms with E-state index >= 15 is 0 Å². The van der Waals surface area contributed by atoms with Gasteiger partial charge >= 0.3 is 24.1 Å². The molecule has 0 heterocycles. The summed E-state index contributed by atoms with van der Waals surface area (Å²) in [6.07, 6.45) is 17.6. The standard InChI is InChI=1S/C72H142N8O8S6/c1-55(2)63(89-47-37-75(7)8)31-23-57(5)65(91-49-39-77(11)12)33-29-59-25-27-61(53-67(59)93-51-41-79(15)16)69(81)85-43-45-87-71(83)73-35-21-19-20-22-36-74-72(84)88-46-44-86-70(82)62-28-26-60(68(54-62)94-52-42-80(17)18)30-34-66(92-50-40-78(13)14)58(6)24-32-64(56(3)4)90-48-38-76(9)10/h55-68H,19-54H2,1-18H3,(H,73,83)(H,74,84). The van der Waals surface area contributed by atoms with Gasteiger partial charge in [0.2, 0.25) is 0 Å². The van der Waals surface area contributed by atoms with Crippen molar-refractivity contribution in [2.75, 3.05) is 198 Å². The summed E-state index contributed by atoms with van der Waals surface area (Å²) in [4.78, 5) is 65.6. The van der Waals surface area contributed by atoms with Crippen LogP contribution in [-0.2, 0) is 28.5 Å². The van der Waals surface area contributed by atoms with E-state index in [1.807, 2.05) is 23.5 Å². The summed E-state index contributed by atoms with van der Waals surface area (Å²) in [5, 5.41) is 9.11. The van der Waals surface area contributed by atoms with Crippen LogP contribution in [0.1, 0.15) is 157 Å². The second-order valence-corrected chi connectivity index (χ2v) is 37.5. The molecule has 0 aromatic heterocycles. The molecule has 0 aromatic rings. The smallest absolute Gasteiger partial charge is 0.407 e. The quantitative estimate of drug-likeness (QED) is 0.0337. The molecule has 12 unspecified atom stereocenters. The molecule has 2 rings (SSSR count). The molecule has 2 fully saturated rings. The van der Waals surface area contributed by atoms with Crippen molar-refractivity contribution in [2.24, 2.45) is 47.3 Å². The van der Waals surface area contributed by atoms with Gasteiger partial charge in [0.25, 0.3) is 0 Å². The van der Waals surface area contributed by atoms with Gasteiger partial charge in [0.1, 0.15) is 26.4 Å². The molecule has 22 heteroatoms. The molecule has 16 nitrogen and oxygen atoms in total. The lowest BCUT2D eigenvalue weighted by molar-refractivity contribution is -0.151. The number of nitrogens with zero attached hydrogens (tertiary/aromatic N) is 6.